The number of rotatable bonds is 4. The van der Waals surface area contributed by atoms with Crippen molar-refractivity contribution in [3.63, 3.8) is 0 Å². The first-order valence-electron chi connectivity index (χ1n) is 9.14. The molecule has 1 aromatic heterocycles. The van der Waals surface area contributed by atoms with Gasteiger partial charge in [-0.2, -0.15) is 0 Å². The van der Waals surface area contributed by atoms with Crippen molar-refractivity contribution >= 4 is 21.7 Å². The highest BCUT2D eigenvalue weighted by molar-refractivity contribution is 7.90. The fraction of sp³-hybridized carbons (Fsp3) is 0.706. The highest BCUT2D eigenvalue weighted by Crippen LogP contribution is 2.29. The van der Waals surface area contributed by atoms with Crippen LogP contribution in [0.5, 0.6) is 0 Å². The Morgan fingerprint density at radius 3 is 2.62 bits per heavy atom. The zero-order valence-electron chi connectivity index (χ0n) is 15.4. The van der Waals surface area contributed by atoms with Gasteiger partial charge in [0.1, 0.15) is 4.90 Å². The van der Waals surface area contributed by atoms with Crippen LogP contribution in [-0.2, 0) is 14.6 Å². The first-order chi connectivity index (χ1) is 12.3. The molecule has 1 amide bonds. The van der Waals surface area contributed by atoms with Crippen molar-refractivity contribution in [1.82, 2.24) is 20.6 Å². The van der Waals surface area contributed by atoms with Crippen LogP contribution in [0.4, 0.5) is 5.95 Å². The Bertz CT molecular complexity index is 754. The van der Waals surface area contributed by atoms with Crippen LogP contribution in [0.1, 0.15) is 44.2 Å². The minimum absolute atomic E-state index is 0.00992. The zero-order chi connectivity index (χ0) is 18.7. The van der Waals surface area contributed by atoms with Crippen molar-refractivity contribution in [1.29, 1.82) is 0 Å². The third kappa shape index (κ3) is 4.50. The lowest BCUT2D eigenvalue weighted by Crippen LogP contribution is -2.44. The fourth-order valence-electron chi connectivity index (χ4n) is 3.70. The van der Waals surface area contributed by atoms with Crippen molar-refractivity contribution in [2.45, 2.75) is 49.5 Å². The normalized spacial score (nSPS) is 22.2. The van der Waals surface area contributed by atoms with E-state index in [1.54, 1.807) is 0 Å². The Kier molecular flexibility index (Phi) is 5.76. The molecule has 8 nitrogen and oxygen atoms in total. The largest absolute Gasteiger partial charge is 0.353 e. The van der Waals surface area contributed by atoms with Gasteiger partial charge in [-0.25, -0.2) is 18.4 Å². The van der Waals surface area contributed by atoms with E-state index >= 15 is 0 Å². The minimum atomic E-state index is -3.37. The van der Waals surface area contributed by atoms with Crippen LogP contribution in [0.2, 0.25) is 0 Å². The molecular formula is C17H27N5O3S. The summed E-state index contributed by atoms with van der Waals surface area (Å²) >= 11 is 0. The van der Waals surface area contributed by atoms with Gasteiger partial charge < -0.3 is 15.5 Å². The van der Waals surface area contributed by atoms with E-state index in [2.05, 4.69) is 25.5 Å². The van der Waals surface area contributed by atoms with Gasteiger partial charge in [0, 0.05) is 44.8 Å². The number of aromatic nitrogens is 2. The van der Waals surface area contributed by atoms with Gasteiger partial charge in [0.2, 0.25) is 11.9 Å². The number of anilines is 1. The quantitative estimate of drug-likeness (QED) is 0.780. The molecule has 0 spiro atoms. The third-order valence-corrected chi connectivity index (χ3v) is 6.15. The van der Waals surface area contributed by atoms with Crippen molar-refractivity contribution in [2.75, 3.05) is 37.3 Å². The Balaban J connectivity index is 1.82. The Morgan fingerprint density at radius 1 is 1.31 bits per heavy atom. The second-order valence-electron chi connectivity index (χ2n) is 7.20. The number of nitrogens with one attached hydrogen (secondary N) is 2. The van der Waals surface area contributed by atoms with Gasteiger partial charge in [-0.3, -0.25) is 4.79 Å². The van der Waals surface area contributed by atoms with Crippen molar-refractivity contribution in [3.8, 4) is 0 Å². The van der Waals surface area contributed by atoms with Crippen LogP contribution in [0.3, 0.4) is 0 Å². The summed E-state index contributed by atoms with van der Waals surface area (Å²) in [5.74, 6) is 0.663. The van der Waals surface area contributed by atoms with E-state index in [0.717, 1.165) is 51.9 Å². The van der Waals surface area contributed by atoms with E-state index in [4.69, 9.17) is 0 Å². The zero-order valence-corrected chi connectivity index (χ0v) is 16.2. The number of sulfone groups is 1. The molecule has 1 aromatic rings. The molecule has 144 valence electrons. The molecule has 2 aliphatic heterocycles. The summed E-state index contributed by atoms with van der Waals surface area (Å²) in [6.07, 6.45) is 6.27. The molecule has 1 atom stereocenters. The van der Waals surface area contributed by atoms with E-state index in [0.29, 0.717) is 11.6 Å². The lowest BCUT2D eigenvalue weighted by molar-refractivity contribution is -0.119. The molecule has 2 fully saturated rings. The summed E-state index contributed by atoms with van der Waals surface area (Å²) in [7, 11) is -3.37. The Morgan fingerprint density at radius 2 is 2.04 bits per heavy atom. The molecule has 9 heteroatoms. The predicted octanol–water partition coefficient (Wildman–Crippen LogP) is 0.452. The van der Waals surface area contributed by atoms with Crippen LogP contribution in [0.25, 0.3) is 0 Å². The van der Waals surface area contributed by atoms with Gasteiger partial charge in [0.05, 0.1) is 11.9 Å². The molecule has 0 aromatic carbocycles. The molecule has 3 heterocycles. The van der Waals surface area contributed by atoms with E-state index in [1.165, 1.54) is 19.4 Å². The summed E-state index contributed by atoms with van der Waals surface area (Å²) in [5, 5.41) is 6.28. The molecule has 2 N–H and O–H groups in total. The monoisotopic (exact) mass is 381 g/mol. The maximum atomic E-state index is 12.2. The average molecular weight is 382 g/mol. The highest BCUT2D eigenvalue weighted by atomic mass is 32.2. The van der Waals surface area contributed by atoms with Gasteiger partial charge in [0.15, 0.2) is 9.84 Å². The standard InChI is InChI=1S/C17H27N5O3S/c1-12(23)20-14-5-8-22(9-6-14)17-19-11-15(26(2,24)25)16(21-17)13-4-3-7-18-10-13/h11,13-14,18H,3-10H2,1-2H3,(H,20,23)/t13-/m0/s1. The van der Waals surface area contributed by atoms with Gasteiger partial charge in [-0.1, -0.05) is 0 Å². The van der Waals surface area contributed by atoms with Crippen molar-refractivity contribution in [3.05, 3.63) is 11.9 Å². The number of nitrogens with zero attached hydrogens (tertiary/aromatic N) is 3. The second kappa shape index (κ2) is 7.87. The van der Waals surface area contributed by atoms with E-state index in [9.17, 15) is 13.2 Å². The lowest BCUT2D eigenvalue weighted by Gasteiger charge is -2.33. The number of carbonyl (C=O) groups is 1. The molecule has 2 aliphatic rings. The van der Waals surface area contributed by atoms with E-state index < -0.39 is 9.84 Å². The lowest BCUT2D eigenvalue weighted by atomic mass is 9.96. The molecule has 0 saturated carbocycles. The van der Waals surface area contributed by atoms with Crippen LogP contribution < -0.4 is 15.5 Å². The first kappa shape index (κ1) is 19.0. The van der Waals surface area contributed by atoms with E-state index in [1.807, 2.05) is 0 Å². The minimum Gasteiger partial charge on any atom is -0.353 e. The summed E-state index contributed by atoms with van der Waals surface area (Å²) in [4.78, 5) is 22.5. The van der Waals surface area contributed by atoms with Gasteiger partial charge in [-0.15, -0.1) is 0 Å². The van der Waals surface area contributed by atoms with Crippen LogP contribution in [-0.4, -0.2) is 62.8 Å². The van der Waals surface area contributed by atoms with Gasteiger partial charge >= 0.3 is 0 Å². The first-order valence-corrected chi connectivity index (χ1v) is 11.0. The smallest absolute Gasteiger partial charge is 0.225 e. The molecule has 3 rings (SSSR count). The predicted molar refractivity (Wildman–Crippen MR) is 99.0 cm³/mol. The molecule has 0 radical (unpaired) electrons. The van der Waals surface area contributed by atoms with Crippen molar-refractivity contribution < 1.29 is 13.2 Å². The number of carbonyl (C=O) groups excluding carboxylic acids is 1. The maximum absolute atomic E-state index is 12.2. The summed E-state index contributed by atoms with van der Waals surface area (Å²) in [6, 6.07) is 0.182. The molecule has 26 heavy (non-hydrogen) atoms. The van der Waals surface area contributed by atoms with Gasteiger partial charge in [-0.05, 0) is 32.2 Å². The number of amides is 1. The maximum Gasteiger partial charge on any atom is 0.225 e. The number of piperidine rings is 2. The summed E-state index contributed by atoms with van der Waals surface area (Å²) in [6.45, 7) is 4.71. The van der Waals surface area contributed by atoms with Crippen molar-refractivity contribution in [2.24, 2.45) is 0 Å². The SMILES string of the molecule is CC(=O)NC1CCN(c2ncc(S(C)(=O)=O)c([C@H]3CCCNC3)n2)CC1. The molecule has 2 saturated heterocycles. The number of hydrogen-bond donors (Lipinski definition) is 2. The summed E-state index contributed by atoms with van der Waals surface area (Å²) < 4.78 is 24.4. The van der Waals surface area contributed by atoms with Crippen LogP contribution >= 0.6 is 0 Å². The van der Waals surface area contributed by atoms with Crippen LogP contribution in [0, 0.1) is 0 Å². The summed E-state index contributed by atoms with van der Waals surface area (Å²) in [5.41, 5.74) is 0.633. The second-order valence-corrected chi connectivity index (χ2v) is 9.18. The van der Waals surface area contributed by atoms with Gasteiger partial charge in [0.25, 0.3) is 0 Å². The third-order valence-electron chi connectivity index (χ3n) is 5.04. The molecule has 0 unspecified atom stereocenters. The fourth-order valence-corrected chi connectivity index (χ4v) is 4.54. The molecule has 0 bridgehead atoms. The van der Waals surface area contributed by atoms with Crippen LogP contribution in [0.15, 0.2) is 11.1 Å². The topological polar surface area (TPSA) is 104 Å². The molecule has 0 aliphatic carbocycles. The highest BCUT2D eigenvalue weighted by Gasteiger charge is 2.27. The Labute approximate surface area is 154 Å². The molecular weight excluding hydrogens is 354 g/mol. The van der Waals surface area contributed by atoms with E-state index in [-0.39, 0.29) is 22.8 Å². The average Bonchev–Trinajstić information content (AvgIpc) is 2.61. The Hall–Kier alpha value is -1.74. The number of hydrogen-bond acceptors (Lipinski definition) is 7.